The van der Waals surface area contributed by atoms with E-state index in [4.69, 9.17) is 10.3 Å². The van der Waals surface area contributed by atoms with E-state index in [0.717, 1.165) is 39.8 Å². The van der Waals surface area contributed by atoms with Crippen LogP contribution in [0.1, 0.15) is 30.1 Å². The number of hydrogen-bond donors (Lipinski definition) is 1. The van der Waals surface area contributed by atoms with Gasteiger partial charge in [-0.25, -0.2) is 0 Å². The Hall–Kier alpha value is -2.00. The van der Waals surface area contributed by atoms with Gasteiger partial charge in [-0.1, -0.05) is 5.16 Å². The second-order valence-electron chi connectivity index (χ2n) is 5.82. The molecule has 1 saturated carbocycles. The van der Waals surface area contributed by atoms with Crippen molar-refractivity contribution >= 4 is 33.0 Å². The summed E-state index contributed by atoms with van der Waals surface area (Å²) in [6, 6.07) is 0. The van der Waals surface area contributed by atoms with E-state index in [2.05, 4.69) is 19.5 Å². The summed E-state index contributed by atoms with van der Waals surface area (Å²) in [6.45, 7) is 1.99. The van der Waals surface area contributed by atoms with Gasteiger partial charge < -0.3 is 15.2 Å². The minimum Gasteiger partial charge on any atom is -0.390 e. The van der Waals surface area contributed by atoms with Gasteiger partial charge in [0.15, 0.2) is 11.6 Å². The molecule has 0 bridgehead atoms. The molecule has 9 heteroatoms. The van der Waals surface area contributed by atoms with Gasteiger partial charge in [0.1, 0.15) is 0 Å². The molecule has 3 heterocycles. The molecule has 1 fully saturated rings. The number of nitrogen functional groups attached to an aromatic ring is 1. The molecule has 2 N–H and O–H groups in total. The van der Waals surface area contributed by atoms with Gasteiger partial charge in [0, 0.05) is 31.5 Å². The lowest BCUT2D eigenvalue weighted by Gasteiger charge is -2.04. The summed E-state index contributed by atoms with van der Waals surface area (Å²) in [5, 5.41) is 5.59. The molecular weight excluding hydrogens is 332 g/mol. The monoisotopic (exact) mass is 348 g/mol. The van der Waals surface area contributed by atoms with Crippen LogP contribution in [0.4, 0.5) is 10.1 Å². The molecule has 0 aromatic carbocycles. The minimum atomic E-state index is 0.454. The highest BCUT2D eigenvalue weighted by Gasteiger charge is 2.30. The summed E-state index contributed by atoms with van der Waals surface area (Å²) < 4.78 is 9.86. The molecule has 0 atom stereocenters. The van der Waals surface area contributed by atoms with Crippen molar-refractivity contribution in [1.82, 2.24) is 19.5 Å². The van der Waals surface area contributed by atoms with Crippen molar-refractivity contribution < 1.29 is 4.52 Å². The standard InChI is InChI=1S/C14H16N6OS2/c1-6-8(13-16-11(18-21-13)7-4-5-7)10(15)22-9(6)12-17-14(20(2)3)23-19-12/h7H,4-5,15H2,1-3H3. The summed E-state index contributed by atoms with van der Waals surface area (Å²) in [4.78, 5) is 12.0. The average molecular weight is 348 g/mol. The highest BCUT2D eigenvalue weighted by Crippen LogP contribution is 2.44. The van der Waals surface area contributed by atoms with Gasteiger partial charge >= 0.3 is 0 Å². The van der Waals surface area contributed by atoms with E-state index in [1.54, 1.807) is 0 Å². The third-order valence-corrected chi connectivity index (χ3v) is 5.77. The number of rotatable bonds is 4. The van der Waals surface area contributed by atoms with Crippen LogP contribution in [0.2, 0.25) is 0 Å². The van der Waals surface area contributed by atoms with Gasteiger partial charge in [-0.2, -0.15) is 14.3 Å². The van der Waals surface area contributed by atoms with E-state index in [0.29, 0.717) is 22.6 Å². The number of nitrogens with zero attached hydrogens (tertiary/aromatic N) is 5. The van der Waals surface area contributed by atoms with Gasteiger partial charge in [0.25, 0.3) is 5.89 Å². The fourth-order valence-corrected chi connectivity index (χ4v) is 4.00. The van der Waals surface area contributed by atoms with Gasteiger partial charge in [-0.15, -0.1) is 11.3 Å². The van der Waals surface area contributed by atoms with Crippen molar-refractivity contribution in [3.8, 4) is 22.2 Å². The maximum absolute atomic E-state index is 6.21. The van der Waals surface area contributed by atoms with E-state index in [1.165, 1.54) is 22.9 Å². The normalized spacial score (nSPS) is 14.4. The lowest BCUT2D eigenvalue weighted by molar-refractivity contribution is 0.423. The molecule has 0 unspecified atom stereocenters. The molecule has 0 spiro atoms. The number of hydrogen-bond acceptors (Lipinski definition) is 9. The second kappa shape index (κ2) is 5.27. The maximum atomic E-state index is 6.21. The average Bonchev–Trinajstić information content (AvgIpc) is 2.95. The minimum absolute atomic E-state index is 0.454. The Balaban J connectivity index is 1.74. The Morgan fingerprint density at radius 3 is 2.70 bits per heavy atom. The van der Waals surface area contributed by atoms with E-state index in [1.807, 2.05) is 25.9 Å². The Labute approximate surface area is 141 Å². The molecule has 0 amide bonds. The Kier molecular flexibility index (Phi) is 3.34. The Morgan fingerprint density at radius 2 is 2.04 bits per heavy atom. The van der Waals surface area contributed by atoms with Gasteiger partial charge in [0.2, 0.25) is 5.13 Å². The van der Waals surface area contributed by atoms with Crippen molar-refractivity contribution in [3.05, 3.63) is 11.4 Å². The zero-order chi connectivity index (χ0) is 16.1. The molecule has 1 aliphatic rings. The molecular formula is C14H16N6OS2. The first-order valence-corrected chi connectivity index (χ1v) is 8.88. The van der Waals surface area contributed by atoms with Crippen LogP contribution in [0.25, 0.3) is 22.2 Å². The van der Waals surface area contributed by atoms with Gasteiger partial charge in [-0.05, 0) is 25.3 Å². The van der Waals surface area contributed by atoms with Crippen molar-refractivity contribution in [1.29, 1.82) is 0 Å². The number of thiophene rings is 1. The third kappa shape index (κ3) is 2.49. The molecule has 3 aromatic heterocycles. The van der Waals surface area contributed by atoms with E-state index >= 15 is 0 Å². The summed E-state index contributed by atoms with van der Waals surface area (Å²) in [6.07, 6.45) is 2.27. The largest absolute Gasteiger partial charge is 0.390 e. The molecule has 0 radical (unpaired) electrons. The summed E-state index contributed by atoms with van der Waals surface area (Å²) in [5.74, 6) is 2.43. The lowest BCUT2D eigenvalue weighted by Crippen LogP contribution is -2.07. The van der Waals surface area contributed by atoms with E-state index < -0.39 is 0 Å². The van der Waals surface area contributed by atoms with Crippen molar-refractivity contribution in [2.24, 2.45) is 0 Å². The fourth-order valence-electron chi connectivity index (χ4n) is 2.35. The van der Waals surface area contributed by atoms with Crippen molar-refractivity contribution in [2.45, 2.75) is 25.7 Å². The number of nitrogens with two attached hydrogens (primary N) is 1. The predicted molar refractivity (Wildman–Crippen MR) is 92.0 cm³/mol. The Morgan fingerprint density at radius 1 is 1.26 bits per heavy atom. The van der Waals surface area contributed by atoms with Crippen molar-refractivity contribution in [3.63, 3.8) is 0 Å². The van der Waals surface area contributed by atoms with Gasteiger partial charge in [0.05, 0.1) is 15.4 Å². The zero-order valence-electron chi connectivity index (χ0n) is 13.0. The Bertz CT molecular complexity index is 861. The first-order valence-electron chi connectivity index (χ1n) is 7.29. The van der Waals surface area contributed by atoms with Crippen LogP contribution in [-0.4, -0.2) is 33.6 Å². The fraction of sp³-hybridized carbons (Fsp3) is 0.429. The molecule has 7 nitrogen and oxygen atoms in total. The third-order valence-electron chi connectivity index (χ3n) is 3.77. The molecule has 0 aliphatic heterocycles. The van der Waals surface area contributed by atoms with Crippen LogP contribution >= 0.6 is 22.9 Å². The topological polar surface area (TPSA) is 94.0 Å². The summed E-state index contributed by atoms with van der Waals surface area (Å²) >= 11 is 2.83. The zero-order valence-corrected chi connectivity index (χ0v) is 14.7. The summed E-state index contributed by atoms with van der Waals surface area (Å²) in [5.41, 5.74) is 8.01. The second-order valence-corrected chi connectivity index (χ2v) is 7.60. The quantitative estimate of drug-likeness (QED) is 0.774. The molecule has 1 aliphatic carbocycles. The van der Waals surface area contributed by atoms with Crippen LogP contribution in [0.3, 0.4) is 0 Å². The molecule has 4 rings (SSSR count). The van der Waals surface area contributed by atoms with Crippen LogP contribution in [-0.2, 0) is 0 Å². The number of aromatic nitrogens is 4. The predicted octanol–water partition coefficient (Wildman–Crippen LogP) is 3.15. The van der Waals surface area contributed by atoms with E-state index in [-0.39, 0.29) is 0 Å². The molecule has 120 valence electrons. The smallest absolute Gasteiger partial charge is 0.261 e. The lowest BCUT2D eigenvalue weighted by atomic mass is 10.1. The van der Waals surface area contributed by atoms with Gasteiger partial charge in [-0.3, -0.25) is 0 Å². The molecule has 3 aromatic rings. The van der Waals surface area contributed by atoms with Crippen molar-refractivity contribution in [2.75, 3.05) is 24.7 Å². The summed E-state index contributed by atoms with van der Waals surface area (Å²) in [7, 11) is 3.90. The molecule has 0 saturated heterocycles. The first kappa shape index (κ1) is 14.6. The molecule has 23 heavy (non-hydrogen) atoms. The van der Waals surface area contributed by atoms with Crippen LogP contribution in [0, 0.1) is 6.92 Å². The SMILES string of the molecule is Cc1c(-c2nsc(N(C)C)n2)sc(N)c1-c1nc(C2CC2)no1. The maximum Gasteiger partial charge on any atom is 0.261 e. The number of anilines is 2. The first-order chi connectivity index (χ1) is 11.0. The van der Waals surface area contributed by atoms with Crippen LogP contribution < -0.4 is 10.6 Å². The van der Waals surface area contributed by atoms with E-state index in [9.17, 15) is 0 Å². The highest BCUT2D eigenvalue weighted by molar-refractivity contribution is 7.20. The van der Waals surface area contributed by atoms with Crippen LogP contribution in [0.15, 0.2) is 4.52 Å². The highest BCUT2D eigenvalue weighted by atomic mass is 32.1. The van der Waals surface area contributed by atoms with Crippen LogP contribution in [0.5, 0.6) is 0 Å².